The Labute approximate surface area is 50.0 Å². The third-order valence-corrected chi connectivity index (χ3v) is 1.56. The van der Waals surface area contributed by atoms with Gasteiger partial charge in [-0.2, -0.15) is 0 Å². The van der Waals surface area contributed by atoms with E-state index in [1.165, 1.54) is 0 Å². The average molecular weight is 115 g/mol. The molecule has 1 rings (SSSR count). The molecule has 0 saturated carbocycles. The molecule has 0 spiro atoms. The molecule has 1 aliphatic rings. The standard InChI is InChI=1S/C6H13NO/c1-4(2)6-5(7)3-8-6/h4-6H,3,7H2,1-2H3/t5-,6-/m0/s1. The summed E-state index contributed by atoms with van der Waals surface area (Å²) in [6.45, 7) is 5.01. The van der Waals surface area contributed by atoms with Crippen molar-refractivity contribution < 1.29 is 4.74 Å². The van der Waals surface area contributed by atoms with E-state index < -0.39 is 0 Å². The van der Waals surface area contributed by atoms with Crippen LogP contribution in [0.4, 0.5) is 0 Å². The first-order chi connectivity index (χ1) is 3.72. The minimum atomic E-state index is 0.301. The monoisotopic (exact) mass is 115 g/mol. The van der Waals surface area contributed by atoms with Gasteiger partial charge < -0.3 is 10.5 Å². The third-order valence-electron chi connectivity index (χ3n) is 1.56. The number of ether oxygens (including phenoxy) is 1. The van der Waals surface area contributed by atoms with E-state index >= 15 is 0 Å². The fourth-order valence-electron chi connectivity index (χ4n) is 1.01. The molecule has 8 heavy (non-hydrogen) atoms. The van der Waals surface area contributed by atoms with Gasteiger partial charge in [0.1, 0.15) is 0 Å². The largest absolute Gasteiger partial charge is 0.375 e. The highest BCUT2D eigenvalue weighted by Gasteiger charge is 2.30. The molecular formula is C6H13NO. The Bertz CT molecular complexity index is 77.8. The molecule has 0 aromatic rings. The Morgan fingerprint density at radius 1 is 1.62 bits per heavy atom. The topological polar surface area (TPSA) is 35.2 Å². The lowest BCUT2D eigenvalue weighted by molar-refractivity contribution is -0.0969. The fraction of sp³-hybridized carbons (Fsp3) is 1.00. The normalized spacial score (nSPS) is 37.5. The Morgan fingerprint density at radius 3 is 2.25 bits per heavy atom. The second-order valence-corrected chi connectivity index (χ2v) is 2.71. The first-order valence-electron chi connectivity index (χ1n) is 3.09. The van der Waals surface area contributed by atoms with Gasteiger partial charge in [0.05, 0.1) is 18.8 Å². The molecular weight excluding hydrogens is 102 g/mol. The van der Waals surface area contributed by atoms with Crippen LogP contribution in [0.2, 0.25) is 0 Å². The van der Waals surface area contributed by atoms with Crippen LogP contribution >= 0.6 is 0 Å². The van der Waals surface area contributed by atoms with Gasteiger partial charge in [-0.3, -0.25) is 0 Å². The van der Waals surface area contributed by atoms with E-state index in [1.54, 1.807) is 0 Å². The smallest absolute Gasteiger partial charge is 0.0772 e. The van der Waals surface area contributed by atoms with Crippen LogP contribution in [-0.2, 0) is 4.74 Å². The quantitative estimate of drug-likeness (QED) is 0.536. The van der Waals surface area contributed by atoms with E-state index in [0.717, 1.165) is 6.61 Å². The van der Waals surface area contributed by atoms with Crippen LogP contribution in [0.15, 0.2) is 0 Å². The molecule has 0 radical (unpaired) electrons. The molecule has 0 bridgehead atoms. The molecule has 0 aromatic heterocycles. The summed E-state index contributed by atoms with van der Waals surface area (Å²) in [5, 5.41) is 0. The number of rotatable bonds is 1. The van der Waals surface area contributed by atoms with Crippen molar-refractivity contribution in [3.8, 4) is 0 Å². The van der Waals surface area contributed by atoms with Gasteiger partial charge in [0, 0.05) is 0 Å². The lowest BCUT2D eigenvalue weighted by atomic mass is 9.96. The maximum atomic E-state index is 5.60. The van der Waals surface area contributed by atoms with E-state index in [4.69, 9.17) is 10.5 Å². The van der Waals surface area contributed by atoms with Crippen molar-refractivity contribution in [2.75, 3.05) is 6.61 Å². The second-order valence-electron chi connectivity index (χ2n) is 2.71. The molecule has 0 aromatic carbocycles. The lowest BCUT2D eigenvalue weighted by Crippen LogP contribution is -2.53. The summed E-state index contributed by atoms with van der Waals surface area (Å²) in [4.78, 5) is 0. The Kier molecular flexibility index (Phi) is 1.54. The molecule has 2 heteroatoms. The first-order valence-corrected chi connectivity index (χ1v) is 3.09. The van der Waals surface area contributed by atoms with Gasteiger partial charge in [0.25, 0.3) is 0 Å². The summed E-state index contributed by atoms with van der Waals surface area (Å²) in [6, 6.07) is 0.301. The molecule has 0 amide bonds. The first kappa shape index (κ1) is 6.05. The number of hydrogen-bond donors (Lipinski definition) is 1. The molecule has 48 valence electrons. The Morgan fingerprint density at radius 2 is 2.25 bits per heavy atom. The average Bonchev–Trinajstić information content (AvgIpc) is 1.61. The summed E-state index contributed by atoms with van der Waals surface area (Å²) >= 11 is 0. The van der Waals surface area contributed by atoms with E-state index in [2.05, 4.69) is 13.8 Å². The van der Waals surface area contributed by atoms with Crippen molar-refractivity contribution in [3.05, 3.63) is 0 Å². The number of hydrogen-bond acceptors (Lipinski definition) is 2. The summed E-state index contributed by atoms with van der Waals surface area (Å²) < 4.78 is 5.18. The van der Waals surface area contributed by atoms with Crippen molar-refractivity contribution in [1.29, 1.82) is 0 Å². The zero-order valence-corrected chi connectivity index (χ0v) is 5.42. The summed E-state index contributed by atoms with van der Waals surface area (Å²) in [6.07, 6.45) is 0.329. The highest BCUT2D eigenvalue weighted by molar-refractivity contribution is 4.83. The summed E-state index contributed by atoms with van der Waals surface area (Å²) in [5.41, 5.74) is 5.60. The van der Waals surface area contributed by atoms with Crippen molar-refractivity contribution in [3.63, 3.8) is 0 Å². The van der Waals surface area contributed by atoms with E-state index in [9.17, 15) is 0 Å². The van der Waals surface area contributed by atoms with Crippen LogP contribution in [0.1, 0.15) is 13.8 Å². The van der Waals surface area contributed by atoms with Crippen molar-refractivity contribution in [2.45, 2.75) is 26.0 Å². The molecule has 2 N–H and O–H groups in total. The van der Waals surface area contributed by atoms with Crippen molar-refractivity contribution in [1.82, 2.24) is 0 Å². The van der Waals surface area contributed by atoms with Gasteiger partial charge in [-0.05, 0) is 5.92 Å². The maximum absolute atomic E-state index is 5.60. The SMILES string of the molecule is CC(C)[C@@H]1OC[C@@H]1N. The highest BCUT2D eigenvalue weighted by Crippen LogP contribution is 2.17. The predicted molar refractivity (Wildman–Crippen MR) is 32.6 cm³/mol. The second kappa shape index (κ2) is 2.03. The zero-order valence-electron chi connectivity index (χ0n) is 5.42. The third kappa shape index (κ3) is 0.858. The van der Waals surface area contributed by atoms with Crippen LogP contribution in [0.5, 0.6) is 0 Å². The fourth-order valence-corrected chi connectivity index (χ4v) is 1.01. The van der Waals surface area contributed by atoms with E-state index in [0.29, 0.717) is 18.1 Å². The Hall–Kier alpha value is -0.0800. The van der Waals surface area contributed by atoms with E-state index in [-0.39, 0.29) is 0 Å². The summed E-state index contributed by atoms with van der Waals surface area (Å²) in [5.74, 6) is 0.582. The van der Waals surface area contributed by atoms with Crippen LogP contribution in [0.25, 0.3) is 0 Å². The highest BCUT2D eigenvalue weighted by atomic mass is 16.5. The van der Waals surface area contributed by atoms with E-state index in [1.807, 2.05) is 0 Å². The van der Waals surface area contributed by atoms with Crippen LogP contribution < -0.4 is 5.73 Å². The lowest BCUT2D eigenvalue weighted by Gasteiger charge is -2.36. The van der Waals surface area contributed by atoms with Gasteiger partial charge in [0.2, 0.25) is 0 Å². The zero-order chi connectivity index (χ0) is 6.15. The van der Waals surface area contributed by atoms with Crippen LogP contribution in [-0.4, -0.2) is 18.8 Å². The van der Waals surface area contributed by atoms with Crippen LogP contribution in [0, 0.1) is 5.92 Å². The molecule has 1 heterocycles. The van der Waals surface area contributed by atoms with Gasteiger partial charge in [-0.25, -0.2) is 0 Å². The minimum absolute atomic E-state index is 0.301. The molecule has 2 atom stereocenters. The maximum Gasteiger partial charge on any atom is 0.0772 e. The van der Waals surface area contributed by atoms with Gasteiger partial charge in [0.15, 0.2) is 0 Å². The predicted octanol–water partition coefficient (Wildman–Crippen LogP) is 0.369. The molecule has 0 unspecified atom stereocenters. The van der Waals surface area contributed by atoms with Gasteiger partial charge in [-0.15, -0.1) is 0 Å². The van der Waals surface area contributed by atoms with Gasteiger partial charge >= 0.3 is 0 Å². The minimum Gasteiger partial charge on any atom is -0.375 e. The molecule has 1 saturated heterocycles. The van der Waals surface area contributed by atoms with Crippen LogP contribution in [0.3, 0.4) is 0 Å². The number of nitrogens with two attached hydrogens (primary N) is 1. The van der Waals surface area contributed by atoms with Crippen molar-refractivity contribution in [2.24, 2.45) is 11.7 Å². The van der Waals surface area contributed by atoms with Crippen molar-refractivity contribution >= 4 is 0 Å². The molecule has 1 fully saturated rings. The molecule has 1 aliphatic heterocycles. The van der Waals surface area contributed by atoms with Gasteiger partial charge in [-0.1, -0.05) is 13.8 Å². The molecule has 0 aliphatic carbocycles. The molecule has 2 nitrogen and oxygen atoms in total. The Balaban J connectivity index is 2.26. The summed E-state index contributed by atoms with van der Waals surface area (Å²) in [7, 11) is 0.